The molecule has 51 heavy (non-hydrogen) atoms. The number of rotatable bonds is 12. The molecule has 6 aromatic carbocycles. The first-order chi connectivity index (χ1) is 25.2. The molecule has 7 aromatic rings. The maximum Gasteiger partial charge on any atom is 0.331 e. The third-order valence-corrected chi connectivity index (χ3v) is 7.20. The average Bonchev–Trinajstić information content (AvgIpc) is 3.18. The third-order valence-electron chi connectivity index (χ3n) is 7.20. The highest BCUT2D eigenvalue weighted by molar-refractivity contribution is 5.83. The van der Waals surface area contributed by atoms with Crippen molar-refractivity contribution in [2.75, 3.05) is 0 Å². The Morgan fingerprint density at radius 2 is 0.569 bits per heavy atom. The quantitative estimate of drug-likeness (QED) is 0.120. The van der Waals surface area contributed by atoms with E-state index < -0.39 is 0 Å². The molecule has 0 N–H and O–H groups in total. The summed E-state index contributed by atoms with van der Waals surface area (Å²) in [5, 5.41) is 0. The molecule has 9 nitrogen and oxygen atoms in total. The summed E-state index contributed by atoms with van der Waals surface area (Å²) in [5.74, 6) is 1.54. The van der Waals surface area contributed by atoms with E-state index in [4.69, 9.17) is 14.2 Å². The fraction of sp³-hybridized carbons (Fsp3) is 0. The van der Waals surface area contributed by atoms with Crippen LogP contribution in [0.4, 0.5) is 17.1 Å². The number of aliphatic imine (C=N–C) groups is 3. The van der Waals surface area contributed by atoms with Crippen molar-refractivity contribution in [3.8, 4) is 35.3 Å². The molecule has 1 heterocycles. The van der Waals surface area contributed by atoms with E-state index in [0.29, 0.717) is 17.2 Å². The first-order valence-corrected chi connectivity index (χ1v) is 16.1. The topological polar surface area (TPSA) is 103 Å². The molecule has 7 rings (SSSR count). The first-order valence-electron chi connectivity index (χ1n) is 16.1. The number of ether oxygens (including phenoxy) is 3. The van der Waals surface area contributed by atoms with Gasteiger partial charge in [-0.3, -0.25) is 15.0 Å². The fourth-order valence-corrected chi connectivity index (χ4v) is 4.63. The molecule has 0 atom stereocenters. The van der Waals surface area contributed by atoms with Gasteiger partial charge in [-0.05, 0) is 126 Å². The smallest absolute Gasteiger partial charge is 0.331 e. The van der Waals surface area contributed by atoms with E-state index in [2.05, 4.69) is 29.9 Å². The average molecular weight is 667 g/mol. The van der Waals surface area contributed by atoms with Crippen LogP contribution in [0.1, 0.15) is 16.7 Å². The lowest BCUT2D eigenvalue weighted by Crippen LogP contribution is -2.01. The molecule has 0 fully saturated rings. The molecule has 0 aliphatic heterocycles. The van der Waals surface area contributed by atoms with Crippen molar-refractivity contribution in [2.24, 2.45) is 15.0 Å². The summed E-state index contributed by atoms with van der Waals surface area (Å²) in [5.41, 5.74) is 5.33. The summed E-state index contributed by atoms with van der Waals surface area (Å²) in [7, 11) is 0. The number of hydrogen-bond donors (Lipinski definition) is 0. The van der Waals surface area contributed by atoms with Crippen molar-refractivity contribution in [1.29, 1.82) is 0 Å². The molecule has 0 saturated carbocycles. The van der Waals surface area contributed by atoms with Gasteiger partial charge < -0.3 is 14.2 Å². The van der Waals surface area contributed by atoms with Crippen LogP contribution in [0.3, 0.4) is 0 Å². The van der Waals surface area contributed by atoms with Crippen LogP contribution in [0.15, 0.2) is 179 Å². The summed E-state index contributed by atoms with van der Waals surface area (Å²) < 4.78 is 18.1. The Kier molecular flexibility index (Phi) is 10.3. The molecule has 9 heteroatoms. The van der Waals surface area contributed by atoms with E-state index in [0.717, 1.165) is 33.8 Å². The van der Waals surface area contributed by atoms with Gasteiger partial charge in [-0.15, -0.1) is 15.0 Å². The van der Waals surface area contributed by atoms with Crippen LogP contribution in [0, 0.1) is 0 Å². The largest absolute Gasteiger partial charge is 0.424 e. The van der Waals surface area contributed by atoms with Crippen molar-refractivity contribution in [2.45, 2.75) is 0 Å². The predicted octanol–water partition coefficient (Wildman–Crippen LogP) is 10.5. The summed E-state index contributed by atoms with van der Waals surface area (Å²) in [6, 6.07) is 51.4. The molecule has 0 amide bonds. The molecule has 0 spiro atoms. The summed E-state index contributed by atoms with van der Waals surface area (Å²) in [6.45, 7) is 0. The van der Waals surface area contributed by atoms with Crippen LogP contribution in [0.5, 0.6) is 35.3 Å². The van der Waals surface area contributed by atoms with E-state index in [-0.39, 0.29) is 18.0 Å². The molecule has 246 valence electrons. The molecule has 0 unspecified atom stereocenters. The van der Waals surface area contributed by atoms with Gasteiger partial charge in [-0.25, -0.2) is 0 Å². The van der Waals surface area contributed by atoms with E-state index in [1.165, 1.54) is 0 Å². The Balaban J connectivity index is 1.09. The molecule has 0 saturated heterocycles. The summed E-state index contributed by atoms with van der Waals surface area (Å²) in [6.07, 6.45) is 5.37. The van der Waals surface area contributed by atoms with Crippen molar-refractivity contribution in [3.05, 3.63) is 180 Å². The van der Waals surface area contributed by atoms with Gasteiger partial charge >= 0.3 is 18.0 Å². The van der Waals surface area contributed by atoms with Crippen LogP contribution in [-0.2, 0) is 0 Å². The lowest BCUT2D eigenvalue weighted by Gasteiger charge is -2.10. The zero-order valence-electron chi connectivity index (χ0n) is 27.2. The molecule has 0 aliphatic rings. The minimum Gasteiger partial charge on any atom is -0.424 e. The number of benzene rings is 6. The van der Waals surface area contributed by atoms with E-state index in [1.54, 1.807) is 18.6 Å². The second kappa shape index (κ2) is 16.2. The maximum atomic E-state index is 6.04. The highest BCUT2D eigenvalue weighted by Gasteiger charge is 2.13. The van der Waals surface area contributed by atoms with Crippen LogP contribution in [0.25, 0.3) is 0 Å². The standard InChI is InChI=1S/C42H30N6O3/c1-4-10-34(11-5-1)43-28-31-16-22-37(23-17-31)49-40-46-41(50-38-24-18-32(19-25-38)29-44-35-12-6-2-7-13-35)48-42(47-40)51-39-26-20-33(21-27-39)30-45-36-14-8-3-9-15-36/h1-30H. The lowest BCUT2D eigenvalue weighted by atomic mass is 10.2. The lowest BCUT2D eigenvalue weighted by molar-refractivity contribution is 0.362. The van der Waals surface area contributed by atoms with Crippen LogP contribution in [-0.4, -0.2) is 33.6 Å². The predicted molar refractivity (Wildman–Crippen MR) is 200 cm³/mol. The van der Waals surface area contributed by atoms with Gasteiger partial charge in [0.2, 0.25) is 0 Å². The van der Waals surface area contributed by atoms with Gasteiger partial charge in [0.1, 0.15) is 17.2 Å². The molecular formula is C42H30N6O3. The number of aromatic nitrogens is 3. The van der Waals surface area contributed by atoms with Gasteiger partial charge in [-0.2, -0.15) is 0 Å². The second-order valence-electron chi connectivity index (χ2n) is 11.0. The number of nitrogens with zero attached hydrogens (tertiary/aromatic N) is 6. The van der Waals surface area contributed by atoms with Gasteiger partial charge in [-0.1, -0.05) is 54.6 Å². The SMILES string of the molecule is C(=Nc1ccccc1)c1ccc(Oc2nc(Oc3ccc(C=Nc4ccccc4)cc3)nc(Oc3ccc(C=Nc4ccccc4)cc3)n2)cc1. The fourth-order valence-electron chi connectivity index (χ4n) is 4.63. The van der Waals surface area contributed by atoms with E-state index >= 15 is 0 Å². The van der Waals surface area contributed by atoms with Crippen molar-refractivity contribution < 1.29 is 14.2 Å². The van der Waals surface area contributed by atoms with Crippen molar-refractivity contribution in [3.63, 3.8) is 0 Å². The molecule has 0 aliphatic carbocycles. The highest BCUT2D eigenvalue weighted by atomic mass is 16.5. The Morgan fingerprint density at radius 1 is 0.314 bits per heavy atom. The van der Waals surface area contributed by atoms with Gasteiger partial charge in [0, 0.05) is 18.6 Å². The Morgan fingerprint density at radius 3 is 0.824 bits per heavy atom. The Hall–Kier alpha value is -7.26. The van der Waals surface area contributed by atoms with Gasteiger partial charge in [0.15, 0.2) is 0 Å². The van der Waals surface area contributed by atoms with Gasteiger partial charge in [0.25, 0.3) is 0 Å². The maximum absolute atomic E-state index is 6.04. The Labute approximate surface area is 295 Å². The molecule has 1 aromatic heterocycles. The van der Waals surface area contributed by atoms with Crippen LogP contribution in [0.2, 0.25) is 0 Å². The first kappa shape index (κ1) is 32.3. The molecular weight excluding hydrogens is 637 g/mol. The Bertz CT molecular complexity index is 1970. The van der Waals surface area contributed by atoms with E-state index in [9.17, 15) is 0 Å². The normalized spacial score (nSPS) is 11.3. The molecule has 0 bridgehead atoms. The van der Waals surface area contributed by atoms with Crippen LogP contribution >= 0.6 is 0 Å². The van der Waals surface area contributed by atoms with Crippen molar-refractivity contribution >= 4 is 35.7 Å². The van der Waals surface area contributed by atoms with E-state index in [1.807, 2.05) is 164 Å². The van der Waals surface area contributed by atoms with Gasteiger partial charge in [0.05, 0.1) is 17.1 Å². The number of para-hydroxylation sites is 3. The zero-order valence-corrected chi connectivity index (χ0v) is 27.2. The van der Waals surface area contributed by atoms with Crippen molar-refractivity contribution in [1.82, 2.24) is 15.0 Å². The number of hydrogen-bond acceptors (Lipinski definition) is 9. The zero-order chi connectivity index (χ0) is 34.5. The summed E-state index contributed by atoms with van der Waals surface area (Å²) >= 11 is 0. The second-order valence-corrected chi connectivity index (χ2v) is 11.0. The summed E-state index contributed by atoms with van der Waals surface area (Å²) in [4.78, 5) is 26.8. The minimum atomic E-state index is -0.000989. The minimum absolute atomic E-state index is 0.000989. The van der Waals surface area contributed by atoms with Crippen LogP contribution < -0.4 is 14.2 Å². The monoisotopic (exact) mass is 666 g/mol. The molecule has 0 radical (unpaired) electrons. The third kappa shape index (κ3) is 9.65. The highest BCUT2D eigenvalue weighted by Crippen LogP contribution is 2.27.